The van der Waals surface area contributed by atoms with Crippen LogP contribution in [0.2, 0.25) is 0 Å². The van der Waals surface area contributed by atoms with Crippen molar-refractivity contribution in [2.45, 2.75) is 64.6 Å². The molecule has 10 nitrogen and oxygen atoms in total. The lowest BCUT2D eigenvalue weighted by molar-refractivity contribution is -0.121. The quantitative estimate of drug-likeness (QED) is 0.168. The van der Waals surface area contributed by atoms with Crippen LogP contribution in [0.1, 0.15) is 59.1 Å². The first-order chi connectivity index (χ1) is 20.2. The maximum Gasteiger partial charge on any atom is 0.515 e. The summed E-state index contributed by atoms with van der Waals surface area (Å²) < 4.78 is 23.3. The molecular formula is C33H36N2O8. The van der Waals surface area contributed by atoms with Crippen LogP contribution in [-0.2, 0) is 24.4 Å². The van der Waals surface area contributed by atoms with Gasteiger partial charge in [-0.3, -0.25) is 4.79 Å². The number of hydrogen-bond donors (Lipinski definition) is 0. The van der Waals surface area contributed by atoms with Crippen LogP contribution in [0.3, 0.4) is 0 Å². The van der Waals surface area contributed by atoms with Gasteiger partial charge in [-0.05, 0) is 65.7 Å². The molecule has 0 radical (unpaired) electrons. The number of carbonyl (C=O) groups is 4. The van der Waals surface area contributed by atoms with Crippen molar-refractivity contribution >= 4 is 40.8 Å². The van der Waals surface area contributed by atoms with Gasteiger partial charge in [0, 0.05) is 10.9 Å². The summed E-state index contributed by atoms with van der Waals surface area (Å²) in [5.41, 5.74) is -2.29. The van der Waals surface area contributed by atoms with Crippen LogP contribution in [0.25, 0.3) is 10.9 Å². The van der Waals surface area contributed by atoms with E-state index in [9.17, 15) is 19.2 Å². The van der Waals surface area contributed by atoms with E-state index in [0.717, 1.165) is 9.47 Å². The van der Waals surface area contributed by atoms with Crippen LogP contribution in [-0.4, -0.2) is 46.6 Å². The van der Waals surface area contributed by atoms with Gasteiger partial charge in [-0.2, -0.15) is 0 Å². The predicted molar refractivity (Wildman–Crippen MR) is 161 cm³/mol. The summed E-state index contributed by atoms with van der Waals surface area (Å²) in [5, 5.41) is 0.413. The van der Waals surface area contributed by atoms with Crippen molar-refractivity contribution in [1.82, 2.24) is 4.57 Å². The Labute approximate surface area is 250 Å². The van der Waals surface area contributed by atoms with Crippen LogP contribution in [0.15, 0.2) is 73.8 Å². The Morgan fingerprint density at radius 2 is 1.47 bits per heavy atom. The number of para-hydroxylation sites is 2. The molecule has 4 rings (SSSR count). The Bertz CT molecular complexity index is 1620. The highest BCUT2D eigenvalue weighted by Crippen LogP contribution is 2.54. The van der Waals surface area contributed by atoms with Gasteiger partial charge >= 0.3 is 18.3 Å². The van der Waals surface area contributed by atoms with E-state index >= 15 is 0 Å². The highest BCUT2D eigenvalue weighted by molar-refractivity contribution is 6.24. The number of carbonyl (C=O) groups excluding carboxylic acids is 4. The van der Waals surface area contributed by atoms with Crippen LogP contribution in [0.4, 0.5) is 20.1 Å². The average molecular weight is 589 g/mol. The number of rotatable bonds is 6. The lowest BCUT2D eigenvalue weighted by Gasteiger charge is -2.29. The zero-order valence-corrected chi connectivity index (χ0v) is 25.3. The van der Waals surface area contributed by atoms with Gasteiger partial charge in [0.25, 0.3) is 5.91 Å². The summed E-state index contributed by atoms with van der Waals surface area (Å²) in [6.45, 7) is 17.5. The molecule has 0 saturated carbocycles. The number of hydrogen-bond acceptors (Lipinski definition) is 8. The van der Waals surface area contributed by atoms with Gasteiger partial charge in [0.15, 0.2) is 0 Å². The standard InChI is InChI=1S/C33H36N2O8/c1-9-19-33(22-16-12-14-18-24(22)35(27(33)36)29(38)43-32(6,7)8)25-21-15-11-13-17-23(21)34(28(37)42-31(3,4)5)26(25)41-30(39)40-20-10-2/h9-18H,1-2,19-20H2,3-8H3/t33-/m0/s1. The Kier molecular flexibility index (Phi) is 8.26. The summed E-state index contributed by atoms with van der Waals surface area (Å²) >= 11 is 0. The predicted octanol–water partition coefficient (Wildman–Crippen LogP) is 7.27. The van der Waals surface area contributed by atoms with Gasteiger partial charge in [-0.15, -0.1) is 6.58 Å². The zero-order chi connectivity index (χ0) is 31.7. The van der Waals surface area contributed by atoms with Crippen LogP contribution in [0, 0.1) is 0 Å². The largest absolute Gasteiger partial charge is 0.515 e. The van der Waals surface area contributed by atoms with Crippen LogP contribution >= 0.6 is 0 Å². The fourth-order valence-corrected chi connectivity index (χ4v) is 5.14. The molecule has 2 aromatic carbocycles. The number of fused-ring (bicyclic) bond motifs is 2. The third kappa shape index (κ3) is 5.77. The van der Waals surface area contributed by atoms with Crippen LogP contribution in [0.5, 0.6) is 5.88 Å². The second-order valence-corrected chi connectivity index (χ2v) is 12.0. The lowest BCUT2D eigenvalue weighted by Crippen LogP contribution is -2.46. The van der Waals surface area contributed by atoms with Crippen molar-refractivity contribution < 1.29 is 38.1 Å². The molecule has 2 heterocycles. The second kappa shape index (κ2) is 11.4. The molecule has 1 aliphatic rings. The third-order valence-corrected chi connectivity index (χ3v) is 6.53. The van der Waals surface area contributed by atoms with E-state index in [2.05, 4.69) is 13.2 Å². The average Bonchev–Trinajstić information content (AvgIpc) is 3.35. The summed E-state index contributed by atoms with van der Waals surface area (Å²) in [5.74, 6) is -0.959. The first-order valence-corrected chi connectivity index (χ1v) is 13.8. The normalized spacial score (nSPS) is 16.4. The minimum atomic E-state index is -1.67. The molecule has 0 bridgehead atoms. The number of nitrogens with zero attached hydrogens (tertiary/aromatic N) is 2. The van der Waals surface area contributed by atoms with E-state index in [0.29, 0.717) is 16.5 Å². The molecule has 0 fully saturated rings. The molecule has 43 heavy (non-hydrogen) atoms. The van der Waals surface area contributed by atoms with Crippen molar-refractivity contribution in [3.05, 3.63) is 85.0 Å². The molecule has 0 saturated heterocycles. The Hall–Kier alpha value is -4.86. The molecule has 0 spiro atoms. The molecule has 10 heteroatoms. The minimum absolute atomic E-state index is 0.0253. The van der Waals surface area contributed by atoms with E-state index in [-0.39, 0.29) is 30.2 Å². The molecule has 226 valence electrons. The smallest absolute Gasteiger partial charge is 0.443 e. The third-order valence-electron chi connectivity index (χ3n) is 6.53. The van der Waals surface area contributed by atoms with Gasteiger partial charge in [-0.25, -0.2) is 23.9 Å². The van der Waals surface area contributed by atoms with E-state index in [1.165, 1.54) is 12.2 Å². The van der Waals surface area contributed by atoms with E-state index < -0.39 is 40.9 Å². The number of aromatic nitrogens is 1. The first-order valence-electron chi connectivity index (χ1n) is 13.8. The van der Waals surface area contributed by atoms with E-state index in [1.54, 1.807) is 90.1 Å². The van der Waals surface area contributed by atoms with Gasteiger partial charge in [0.1, 0.15) is 23.2 Å². The second-order valence-electron chi connectivity index (χ2n) is 12.0. The zero-order valence-electron chi connectivity index (χ0n) is 25.3. The fourth-order valence-electron chi connectivity index (χ4n) is 5.14. The molecule has 1 aromatic heterocycles. The van der Waals surface area contributed by atoms with Crippen molar-refractivity contribution in [2.75, 3.05) is 11.5 Å². The van der Waals surface area contributed by atoms with Gasteiger partial charge in [-0.1, -0.05) is 55.1 Å². The first kappa shape index (κ1) is 31.1. The highest BCUT2D eigenvalue weighted by atomic mass is 16.7. The highest BCUT2D eigenvalue weighted by Gasteiger charge is 2.57. The van der Waals surface area contributed by atoms with Crippen molar-refractivity contribution in [3.63, 3.8) is 0 Å². The van der Waals surface area contributed by atoms with Crippen LogP contribution < -0.4 is 9.64 Å². The summed E-state index contributed by atoms with van der Waals surface area (Å²) in [4.78, 5) is 55.9. The summed E-state index contributed by atoms with van der Waals surface area (Å²) in [7, 11) is 0. The summed E-state index contributed by atoms with van der Waals surface area (Å²) in [6, 6.07) is 13.5. The molecular weight excluding hydrogens is 552 g/mol. The lowest BCUT2D eigenvalue weighted by atomic mass is 9.72. The molecule has 2 amide bonds. The number of allylic oxidation sites excluding steroid dienone is 1. The SMILES string of the molecule is C=CCOC(=O)Oc1c([C@@]2(CC=C)C(=O)N(C(=O)OC(C)(C)C)c3ccccc32)c2ccccc2n1C(=O)OC(C)(C)C. The van der Waals surface area contributed by atoms with Gasteiger partial charge in [0.2, 0.25) is 5.88 Å². The topological polar surface area (TPSA) is 113 Å². The number of ether oxygens (including phenoxy) is 4. The maximum absolute atomic E-state index is 14.7. The molecule has 3 aromatic rings. The molecule has 0 aliphatic carbocycles. The molecule has 1 atom stereocenters. The minimum Gasteiger partial charge on any atom is -0.443 e. The molecule has 0 unspecified atom stereocenters. The van der Waals surface area contributed by atoms with Gasteiger partial charge in [0.05, 0.1) is 11.2 Å². The monoisotopic (exact) mass is 588 g/mol. The van der Waals surface area contributed by atoms with E-state index in [4.69, 9.17) is 18.9 Å². The number of imide groups is 1. The Morgan fingerprint density at radius 1 is 0.860 bits per heavy atom. The Morgan fingerprint density at radius 3 is 2.09 bits per heavy atom. The number of anilines is 1. The van der Waals surface area contributed by atoms with E-state index in [1.807, 2.05) is 0 Å². The number of benzene rings is 2. The van der Waals surface area contributed by atoms with Crippen molar-refractivity contribution in [2.24, 2.45) is 0 Å². The maximum atomic E-state index is 14.7. The molecule has 0 N–H and O–H groups in total. The summed E-state index contributed by atoms with van der Waals surface area (Å²) in [6.07, 6.45) is 0.0120. The Balaban J connectivity index is 2.11. The fraction of sp³-hybridized carbons (Fsp3) is 0.333. The van der Waals surface area contributed by atoms with Crippen molar-refractivity contribution in [3.8, 4) is 5.88 Å². The number of amides is 2. The molecule has 1 aliphatic heterocycles. The van der Waals surface area contributed by atoms with Gasteiger partial charge < -0.3 is 18.9 Å². The van der Waals surface area contributed by atoms with Crippen molar-refractivity contribution in [1.29, 1.82) is 0 Å².